The SMILES string of the molecule is CCn1nnc2cc(C(=O)OCC(=O)Nc3ccc(F)c(F)c3F)ccc21. The summed E-state index contributed by atoms with van der Waals surface area (Å²) in [6.45, 7) is 1.77. The Morgan fingerprint density at radius 3 is 2.67 bits per heavy atom. The summed E-state index contributed by atoms with van der Waals surface area (Å²) in [5.41, 5.74) is 0.810. The Kier molecular flexibility index (Phi) is 5.06. The minimum absolute atomic E-state index is 0.150. The van der Waals surface area contributed by atoms with Crippen LogP contribution in [-0.4, -0.2) is 33.5 Å². The molecule has 27 heavy (non-hydrogen) atoms. The fraction of sp³-hybridized carbons (Fsp3) is 0.176. The second-order valence-corrected chi connectivity index (χ2v) is 5.46. The molecule has 7 nitrogen and oxygen atoms in total. The summed E-state index contributed by atoms with van der Waals surface area (Å²) in [5, 5.41) is 9.84. The third kappa shape index (κ3) is 3.73. The minimum atomic E-state index is -1.71. The molecule has 0 aliphatic rings. The molecule has 0 aliphatic heterocycles. The lowest BCUT2D eigenvalue weighted by Gasteiger charge is -2.08. The second kappa shape index (κ2) is 7.44. The van der Waals surface area contributed by atoms with Gasteiger partial charge in [-0.1, -0.05) is 5.21 Å². The maximum Gasteiger partial charge on any atom is 0.338 e. The van der Waals surface area contributed by atoms with Crippen molar-refractivity contribution in [3.8, 4) is 0 Å². The number of benzene rings is 2. The molecule has 140 valence electrons. The fourth-order valence-electron chi connectivity index (χ4n) is 2.36. The Labute approximate surface area is 150 Å². The number of amides is 1. The van der Waals surface area contributed by atoms with Crippen molar-refractivity contribution in [2.24, 2.45) is 0 Å². The van der Waals surface area contributed by atoms with Gasteiger partial charge in [-0.2, -0.15) is 0 Å². The van der Waals surface area contributed by atoms with Gasteiger partial charge in [-0.25, -0.2) is 22.6 Å². The lowest BCUT2D eigenvalue weighted by atomic mass is 10.2. The number of hydrogen-bond acceptors (Lipinski definition) is 5. The molecular formula is C17H13F3N4O3. The second-order valence-electron chi connectivity index (χ2n) is 5.46. The maximum atomic E-state index is 13.5. The van der Waals surface area contributed by atoms with E-state index in [0.717, 1.165) is 11.6 Å². The van der Waals surface area contributed by atoms with Crippen molar-refractivity contribution in [1.82, 2.24) is 15.0 Å². The van der Waals surface area contributed by atoms with E-state index in [4.69, 9.17) is 4.74 Å². The zero-order valence-corrected chi connectivity index (χ0v) is 14.0. The number of anilines is 1. The molecule has 10 heteroatoms. The van der Waals surface area contributed by atoms with Crippen LogP contribution in [0.4, 0.5) is 18.9 Å². The lowest BCUT2D eigenvalue weighted by Crippen LogP contribution is -2.21. The molecule has 0 atom stereocenters. The van der Waals surface area contributed by atoms with Crippen molar-refractivity contribution in [1.29, 1.82) is 0 Å². The topological polar surface area (TPSA) is 86.1 Å². The molecule has 1 heterocycles. The number of esters is 1. The smallest absolute Gasteiger partial charge is 0.338 e. The van der Waals surface area contributed by atoms with Crippen LogP contribution in [0.2, 0.25) is 0 Å². The van der Waals surface area contributed by atoms with Gasteiger partial charge in [0.1, 0.15) is 5.52 Å². The number of nitrogens with one attached hydrogen (secondary N) is 1. The summed E-state index contributed by atoms with van der Waals surface area (Å²) in [7, 11) is 0. The van der Waals surface area contributed by atoms with Crippen LogP contribution in [0.3, 0.4) is 0 Å². The van der Waals surface area contributed by atoms with E-state index in [2.05, 4.69) is 10.3 Å². The van der Waals surface area contributed by atoms with E-state index in [-0.39, 0.29) is 5.56 Å². The van der Waals surface area contributed by atoms with Crippen LogP contribution < -0.4 is 5.32 Å². The molecule has 0 aliphatic carbocycles. The molecule has 3 rings (SSSR count). The van der Waals surface area contributed by atoms with Crippen LogP contribution in [0.15, 0.2) is 30.3 Å². The Balaban J connectivity index is 1.63. The maximum absolute atomic E-state index is 13.5. The molecule has 2 aromatic carbocycles. The van der Waals surface area contributed by atoms with E-state index in [0.29, 0.717) is 18.1 Å². The first-order chi connectivity index (χ1) is 12.9. The van der Waals surface area contributed by atoms with E-state index in [1.165, 1.54) is 12.1 Å². The largest absolute Gasteiger partial charge is 0.452 e. The molecule has 3 aromatic rings. The molecule has 0 unspecified atom stereocenters. The number of ether oxygens (including phenoxy) is 1. The van der Waals surface area contributed by atoms with Crippen LogP contribution in [0.25, 0.3) is 11.0 Å². The monoisotopic (exact) mass is 378 g/mol. The third-order valence-corrected chi connectivity index (χ3v) is 3.69. The van der Waals surface area contributed by atoms with Gasteiger partial charge in [0, 0.05) is 6.54 Å². The normalized spacial score (nSPS) is 10.8. The first kappa shape index (κ1) is 18.4. The summed E-state index contributed by atoms with van der Waals surface area (Å²) >= 11 is 0. The standard InChI is InChI=1S/C17H13F3N4O3/c1-2-24-13-6-3-9(7-12(13)22-23-24)17(26)27-8-14(25)21-11-5-4-10(18)15(19)16(11)20/h3-7H,2,8H2,1H3,(H,21,25). The van der Waals surface area contributed by atoms with Gasteiger partial charge >= 0.3 is 5.97 Å². The molecule has 0 saturated carbocycles. The molecule has 1 aromatic heterocycles. The predicted octanol–water partition coefficient (Wildman–Crippen LogP) is 2.66. The van der Waals surface area contributed by atoms with Crippen molar-refractivity contribution < 1.29 is 27.5 Å². The number of rotatable bonds is 5. The van der Waals surface area contributed by atoms with Gasteiger partial charge < -0.3 is 10.1 Å². The lowest BCUT2D eigenvalue weighted by molar-refractivity contribution is -0.119. The van der Waals surface area contributed by atoms with Crippen molar-refractivity contribution in [2.45, 2.75) is 13.5 Å². The van der Waals surface area contributed by atoms with Gasteiger partial charge in [-0.3, -0.25) is 4.79 Å². The third-order valence-electron chi connectivity index (χ3n) is 3.69. The van der Waals surface area contributed by atoms with E-state index >= 15 is 0 Å². The Morgan fingerprint density at radius 1 is 1.15 bits per heavy atom. The van der Waals surface area contributed by atoms with Crippen LogP contribution in [-0.2, 0) is 16.1 Å². The zero-order valence-electron chi connectivity index (χ0n) is 14.0. The van der Waals surface area contributed by atoms with E-state index in [1.807, 2.05) is 12.2 Å². The Morgan fingerprint density at radius 2 is 1.93 bits per heavy atom. The average Bonchev–Trinajstić information content (AvgIpc) is 3.09. The number of carbonyl (C=O) groups is 2. The van der Waals surface area contributed by atoms with E-state index < -0.39 is 41.6 Å². The quantitative estimate of drug-likeness (QED) is 0.545. The first-order valence-corrected chi connectivity index (χ1v) is 7.84. The van der Waals surface area contributed by atoms with Gasteiger partial charge in [0.05, 0.1) is 16.8 Å². The van der Waals surface area contributed by atoms with Gasteiger partial charge in [0.25, 0.3) is 5.91 Å². The summed E-state index contributed by atoms with van der Waals surface area (Å²) in [4.78, 5) is 23.8. The van der Waals surface area contributed by atoms with Crippen LogP contribution in [0, 0.1) is 17.5 Å². The molecule has 0 bridgehead atoms. The highest BCUT2D eigenvalue weighted by Crippen LogP contribution is 2.19. The molecule has 0 spiro atoms. The number of carbonyl (C=O) groups excluding carboxylic acids is 2. The van der Waals surface area contributed by atoms with Crippen molar-refractivity contribution >= 4 is 28.6 Å². The van der Waals surface area contributed by atoms with Gasteiger partial charge in [-0.05, 0) is 37.3 Å². The molecule has 0 fully saturated rings. The fourth-order valence-corrected chi connectivity index (χ4v) is 2.36. The molecule has 0 saturated heterocycles. The number of fused-ring (bicyclic) bond motifs is 1. The Bertz CT molecular complexity index is 1040. The highest BCUT2D eigenvalue weighted by molar-refractivity contribution is 5.97. The molecular weight excluding hydrogens is 365 g/mol. The van der Waals surface area contributed by atoms with E-state index in [1.54, 1.807) is 10.7 Å². The number of aryl methyl sites for hydroxylation is 1. The summed E-state index contributed by atoms with van der Waals surface area (Å²) in [6, 6.07) is 6.13. The average molecular weight is 378 g/mol. The number of halogens is 3. The van der Waals surface area contributed by atoms with Gasteiger partial charge in [0.2, 0.25) is 0 Å². The van der Waals surface area contributed by atoms with Crippen molar-refractivity contribution in [2.75, 3.05) is 11.9 Å². The summed E-state index contributed by atoms with van der Waals surface area (Å²) in [5.74, 6) is -6.35. The highest BCUT2D eigenvalue weighted by atomic mass is 19.2. The van der Waals surface area contributed by atoms with Crippen molar-refractivity contribution in [3.63, 3.8) is 0 Å². The Hall–Kier alpha value is -3.43. The summed E-state index contributed by atoms with van der Waals surface area (Å²) < 4.78 is 46.0. The number of nitrogens with zero attached hydrogens (tertiary/aromatic N) is 3. The molecule has 0 radical (unpaired) electrons. The van der Waals surface area contributed by atoms with Crippen LogP contribution in [0.1, 0.15) is 17.3 Å². The van der Waals surface area contributed by atoms with Crippen molar-refractivity contribution in [3.05, 3.63) is 53.3 Å². The highest BCUT2D eigenvalue weighted by Gasteiger charge is 2.17. The molecule has 1 amide bonds. The van der Waals surface area contributed by atoms with Gasteiger partial charge in [-0.15, -0.1) is 5.10 Å². The number of aromatic nitrogens is 3. The first-order valence-electron chi connectivity index (χ1n) is 7.84. The van der Waals surface area contributed by atoms with Crippen LogP contribution >= 0.6 is 0 Å². The summed E-state index contributed by atoms with van der Waals surface area (Å²) in [6.07, 6.45) is 0. The minimum Gasteiger partial charge on any atom is -0.452 e. The van der Waals surface area contributed by atoms with E-state index in [9.17, 15) is 22.8 Å². The van der Waals surface area contributed by atoms with Gasteiger partial charge in [0.15, 0.2) is 24.1 Å². The zero-order chi connectivity index (χ0) is 19.6. The predicted molar refractivity (Wildman–Crippen MR) is 88.4 cm³/mol. The number of hydrogen-bond donors (Lipinski definition) is 1. The molecule has 1 N–H and O–H groups in total. The van der Waals surface area contributed by atoms with Crippen LogP contribution in [0.5, 0.6) is 0 Å².